The van der Waals surface area contributed by atoms with Crippen molar-refractivity contribution in [1.82, 2.24) is 15.1 Å². The molecule has 2 aromatic rings. The minimum absolute atomic E-state index is 0.523. The third-order valence-electron chi connectivity index (χ3n) is 3.80. The summed E-state index contributed by atoms with van der Waals surface area (Å²) in [6.07, 6.45) is 2.93. The highest BCUT2D eigenvalue weighted by atomic mass is 15.1. The molecule has 3 rings (SSSR count). The van der Waals surface area contributed by atoms with Crippen LogP contribution in [0.15, 0.2) is 30.5 Å². The molecule has 1 aromatic heterocycles. The zero-order valence-corrected chi connectivity index (χ0v) is 10.3. The molecule has 0 bridgehead atoms. The highest BCUT2D eigenvalue weighted by molar-refractivity contribution is 5.61. The van der Waals surface area contributed by atoms with Crippen LogP contribution in [0.4, 0.5) is 0 Å². The van der Waals surface area contributed by atoms with E-state index < -0.39 is 0 Å². The first-order chi connectivity index (χ1) is 8.25. The third kappa shape index (κ3) is 1.76. The summed E-state index contributed by atoms with van der Waals surface area (Å²) < 4.78 is 0. The van der Waals surface area contributed by atoms with E-state index in [1.165, 1.54) is 16.7 Å². The second kappa shape index (κ2) is 4.00. The van der Waals surface area contributed by atoms with Gasteiger partial charge in [-0.3, -0.25) is 10.00 Å². The maximum atomic E-state index is 4.00. The van der Waals surface area contributed by atoms with Crippen molar-refractivity contribution in [3.8, 4) is 11.3 Å². The predicted octanol–water partition coefficient (Wildman–Crippen LogP) is 2.63. The van der Waals surface area contributed by atoms with Crippen molar-refractivity contribution in [2.45, 2.75) is 19.4 Å². The van der Waals surface area contributed by atoms with E-state index >= 15 is 0 Å². The summed E-state index contributed by atoms with van der Waals surface area (Å²) in [7, 11) is 2.19. The lowest BCUT2D eigenvalue weighted by Crippen LogP contribution is -2.30. The Morgan fingerprint density at radius 3 is 3.00 bits per heavy atom. The average Bonchev–Trinajstić information content (AvgIpc) is 2.87. The van der Waals surface area contributed by atoms with Crippen molar-refractivity contribution in [3.05, 3.63) is 41.6 Å². The van der Waals surface area contributed by atoms with Crippen molar-refractivity contribution in [2.24, 2.45) is 0 Å². The van der Waals surface area contributed by atoms with E-state index in [9.17, 15) is 0 Å². The van der Waals surface area contributed by atoms with E-state index in [4.69, 9.17) is 0 Å². The number of hydrogen-bond donors (Lipinski definition) is 1. The molecule has 1 unspecified atom stereocenters. The Morgan fingerprint density at radius 2 is 2.24 bits per heavy atom. The van der Waals surface area contributed by atoms with Gasteiger partial charge in [0, 0.05) is 18.8 Å². The van der Waals surface area contributed by atoms with Crippen molar-refractivity contribution in [1.29, 1.82) is 0 Å². The number of fused-ring (bicyclic) bond motifs is 1. The molecule has 3 heteroatoms. The number of aromatic amines is 1. The Labute approximate surface area is 101 Å². The van der Waals surface area contributed by atoms with E-state index in [-0.39, 0.29) is 0 Å². The summed E-state index contributed by atoms with van der Waals surface area (Å²) in [5.41, 5.74) is 5.27. The smallest absolute Gasteiger partial charge is 0.0650 e. The molecule has 0 radical (unpaired) electrons. The number of aromatic nitrogens is 2. The first-order valence-corrected chi connectivity index (χ1v) is 6.08. The normalized spacial score (nSPS) is 20.2. The average molecular weight is 227 g/mol. The standard InChI is InChI=1S/C14H17N3/c1-10-13-4-3-12(14-5-7-15-16-14)9-11(13)6-8-17(10)2/h3-5,7,9-10H,6,8H2,1-2H3,(H,15,16). The van der Waals surface area contributed by atoms with Crippen molar-refractivity contribution in [3.63, 3.8) is 0 Å². The Morgan fingerprint density at radius 1 is 1.35 bits per heavy atom. The summed E-state index contributed by atoms with van der Waals surface area (Å²) in [4.78, 5) is 2.40. The second-order valence-corrected chi connectivity index (χ2v) is 4.79. The summed E-state index contributed by atoms with van der Waals surface area (Å²) in [6.45, 7) is 3.41. The first-order valence-electron chi connectivity index (χ1n) is 6.08. The van der Waals surface area contributed by atoms with Gasteiger partial charge in [0.05, 0.1) is 5.69 Å². The quantitative estimate of drug-likeness (QED) is 0.812. The Kier molecular flexibility index (Phi) is 2.48. The fourth-order valence-electron chi connectivity index (χ4n) is 2.54. The molecule has 17 heavy (non-hydrogen) atoms. The van der Waals surface area contributed by atoms with Gasteiger partial charge in [-0.25, -0.2) is 0 Å². The summed E-state index contributed by atoms with van der Waals surface area (Å²) >= 11 is 0. The van der Waals surface area contributed by atoms with Crippen LogP contribution >= 0.6 is 0 Å². The zero-order valence-electron chi connectivity index (χ0n) is 10.3. The molecule has 0 aliphatic carbocycles. The Balaban J connectivity index is 2.03. The summed E-state index contributed by atoms with van der Waals surface area (Å²) in [5, 5.41) is 7.02. The van der Waals surface area contributed by atoms with Crippen LogP contribution in [0.1, 0.15) is 24.1 Å². The molecule has 0 fully saturated rings. The second-order valence-electron chi connectivity index (χ2n) is 4.79. The topological polar surface area (TPSA) is 31.9 Å². The molecular weight excluding hydrogens is 210 g/mol. The minimum atomic E-state index is 0.523. The zero-order chi connectivity index (χ0) is 11.8. The summed E-state index contributed by atoms with van der Waals surface area (Å²) in [6, 6.07) is 9.27. The number of likely N-dealkylation sites (N-methyl/N-ethyl adjacent to an activating group) is 1. The molecule has 1 aliphatic heterocycles. The lowest BCUT2D eigenvalue weighted by atomic mass is 9.92. The van der Waals surface area contributed by atoms with Gasteiger partial charge in [0.1, 0.15) is 0 Å². The molecule has 0 saturated heterocycles. The van der Waals surface area contributed by atoms with Gasteiger partial charge in [-0.2, -0.15) is 5.10 Å². The summed E-state index contributed by atoms with van der Waals surface area (Å²) in [5.74, 6) is 0. The van der Waals surface area contributed by atoms with Crippen LogP contribution in [0, 0.1) is 0 Å². The van der Waals surface area contributed by atoms with Crippen LogP contribution in [-0.4, -0.2) is 28.7 Å². The van der Waals surface area contributed by atoms with E-state index in [1.54, 1.807) is 6.20 Å². The molecule has 3 nitrogen and oxygen atoms in total. The van der Waals surface area contributed by atoms with Crippen LogP contribution in [-0.2, 0) is 6.42 Å². The molecule has 0 amide bonds. The van der Waals surface area contributed by atoms with Crippen LogP contribution in [0.25, 0.3) is 11.3 Å². The lowest BCUT2D eigenvalue weighted by Gasteiger charge is -2.32. The molecule has 88 valence electrons. The molecule has 0 saturated carbocycles. The van der Waals surface area contributed by atoms with E-state index in [2.05, 4.69) is 47.3 Å². The van der Waals surface area contributed by atoms with Gasteiger partial charge in [0.25, 0.3) is 0 Å². The fourth-order valence-corrected chi connectivity index (χ4v) is 2.54. The van der Waals surface area contributed by atoms with Gasteiger partial charge < -0.3 is 0 Å². The predicted molar refractivity (Wildman–Crippen MR) is 68.8 cm³/mol. The molecule has 1 N–H and O–H groups in total. The van der Waals surface area contributed by atoms with E-state index in [0.29, 0.717) is 6.04 Å². The maximum absolute atomic E-state index is 4.00. The van der Waals surface area contributed by atoms with E-state index in [1.807, 2.05) is 6.07 Å². The van der Waals surface area contributed by atoms with Gasteiger partial charge in [0.2, 0.25) is 0 Å². The van der Waals surface area contributed by atoms with Gasteiger partial charge in [-0.15, -0.1) is 0 Å². The lowest BCUT2D eigenvalue weighted by molar-refractivity contribution is 0.247. The highest BCUT2D eigenvalue weighted by Gasteiger charge is 2.20. The van der Waals surface area contributed by atoms with Crippen molar-refractivity contribution < 1.29 is 0 Å². The minimum Gasteiger partial charge on any atom is -0.299 e. The first kappa shape index (κ1) is 10.5. The largest absolute Gasteiger partial charge is 0.299 e. The van der Waals surface area contributed by atoms with Crippen molar-refractivity contribution in [2.75, 3.05) is 13.6 Å². The number of nitrogens with zero attached hydrogens (tertiary/aromatic N) is 2. The number of hydrogen-bond acceptors (Lipinski definition) is 2. The highest BCUT2D eigenvalue weighted by Crippen LogP contribution is 2.30. The number of H-pyrrole nitrogens is 1. The number of rotatable bonds is 1. The van der Waals surface area contributed by atoms with Gasteiger partial charge in [-0.1, -0.05) is 12.1 Å². The van der Waals surface area contributed by atoms with Gasteiger partial charge >= 0.3 is 0 Å². The Hall–Kier alpha value is -1.61. The molecule has 2 heterocycles. The molecular formula is C14H17N3. The van der Waals surface area contributed by atoms with Crippen LogP contribution in [0.3, 0.4) is 0 Å². The maximum Gasteiger partial charge on any atom is 0.0650 e. The molecule has 1 aliphatic rings. The third-order valence-corrected chi connectivity index (χ3v) is 3.80. The van der Waals surface area contributed by atoms with Gasteiger partial charge in [-0.05, 0) is 49.2 Å². The van der Waals surface area contributed by atoms with Gasteiger partial charge in [0.15, 0.2) is 0 Å². The molecule has 0 spiro atoms. The Bertz CT molecular complexity index is 516. The fraction of sp³-hybridized carbons (Fsp3) is 0.357. The van der Waals surface area contributed by atoms with E-state index in [0.717, 1.165) is 18.7 Å². The van der Waals surface area contributed by atoms with Crippen LogP contribution in [0.5, 0.6) is 0 Å². The molecule has 1 aromatic carbocycles. The number of nitrogens with one attached hydrogen (secondary N) is 1. The van der Waals surface area contributed by atoms with Crippen LogP contribution in [0.2, 0.25) is 0 Å². The van der Waals surface area contributed by atoms with Crippen molar-refractivity contribution >= 4 is 0 Å². The SMILES string of the molecule is CC1c2ccc(-c3ccn[nH]3)cc2CCN1C. The monoisotopic (exact) mass is 227 g/mol. The van der Waals surface area contributed by atoms with Crippen LogP contribution < -0.4 is 0 Å². The molecule has 1 atom stereocenters. The number of benzene rings is 1.